The molecule has 0 radical (unpaired) electrons. The maximum atomic E-state index is 11.9. The number of amides is 1. The first-order chi connectivity index (χ1) is 12.7. The molecule has 0 aliphatic heterocycles. The molecule has 132 valence electrons. The number of hydrazone groups is 1. The van der Waals surface area contributed by atoms with E-state index in [1.54, 1.807) is 17.1 Å². The molecule has 0 saturated heterocycles. The molecule has 1 amide bonds. The molecule has 1 aromatic carbocycles. The minimum Gasteiger partial charge on any atom is -0.333 e. The normalized spacial score (nSPS) is 11.1. The zero-order valence-corrected chi connectivity index (χ0v) is 15.0. The van der Waals surface area contributed by atoms with Crippen molar-refractivity contribution >= 4 is 34.9 Å². The topological polar surface area (TPSA) is 112 Å². The number of hydrogen-bond donors (Lipinski definition) is 2. The van der Waals surface area contributed by atoms with E-state index in [-0.39, 0.29) is 11.7 Å². The zero-order chi connectivity index (χ0) is 18.4. The van der Waals surface area contributed by atoms with Gasteiger partial charge in [0, 0.05) is 11.8 Å². The van der Waals surface area contributed by atoms with E-state index >= 15 is 0 Å². The van der Waals surface area contributed by atoms with E-state index in [0.29, 0.717) is 18.1 Å². The van der Waals surface area contributed by atoms with Crippen molar-refractivity contribution in [2.24, 2.45) is 5.10 Å². The van der Waals surface area contributed by atoms with Gasteiger partial charge < -0.3 is 4.98 Å². The maximum Gasteiger partial charge on any atom is 0.250 e. The van der Waals surface area contributed by atoms with Crippen molar-refractivity contribution < 1.29 is 4.79 Å². The molecule has 9 heteroatoms. The summed E-state index contributed by atoms with van der Waals surface area (Å²) in [6.07, 6.45) is 3.74. The first-order valence-corrected chi connectivity index (χ1v) is 8.94. The number of thioether (sulfide) groups is 1. The molecule has 0 atom stereocenters. The summed E-state index contributed by atoms with van der Waals surface area (Å²) in [4.78, 5) is 19.5. The summed E-state index contributed by atoms with van der Waals surface area (Å²) in [5, 5.41) is 17.6. The Bertz CT molecular complexity index is 950. The number of rotatable bonds is 7. The standard InChI is InChI=1S/C17H17N7OS/c1-12-13(10-24(23-12)8-4-7-18)9-19-22-16(25)11-26-17-20-14-5-2-3-6-15(14)21-17/h2-3,5-6,9-10H,4,8,11H2,1H3,(H,20,21)(H,22,25)/b19-9+. The lowest BCUT2D eigenvalue weighted by Crippen LogP contribution is -2.19. The van der Waals surface area contributed by atoms with Gasteiger partial charge in [0.2, 0.25) is 0 Å². The average molecular weight is 367 g/mol. The van der Waals surface area contributed by atoms with E-state index in [4.69, 9.17) is 5.26 Å². The van der Waals surface area contributed by atoms with Gasteiger partial charge in [0.05, 0.1) is 47.7 Å². The van der Waals surface area contributed by atoms with Crippen molar-refractivity contribution in [1.29, 1.82) is 5.26 Å². The number of nitrogens with one attached hydrogen (secondary N) is 2. The Labute approximate surface area is 154 Å². The number of nitriles is 1. The number of aromatic amines is 1. The second-order valence-electron chi connectivity index (χ2n) is 5.48. The molecule has 0 bridgehead atoms. The van der Waals surface area contributed by atoms with Crippen LogP contribution in [0.15, 0.2) is 40.7 Å². The van der Waals surface area contributed by atoms with E-state index in [0.717, 1.165) is 22.3 Å². The van der Waals surface area contributed by atoms with Gasteiger partial charge in [-0.2, -0.15) is 15.5 Å². The summed E-state index contributed by atoms with van der Waals surface area (Å²) in [6.45, 7) is 2.38. The molecular weight excluding hydrogens is 350 g/mol. The molecule has 0 saturated carbocycles. The smallest absolute Gasteiger partial charge is 0.250 e. The molecule has 2 heterocycles. The highest BCUT2D eigenvalue weighted by Crippen LogP contribution is 2.18. The Balaban J connectivity index is 1.50. The van der Waals surface area contributed by atoms with E-state index in [9.17, 15) is 4.79 Å². The van der Waals surface area contributed by atoms with Gasteiger partial charge in [0.15, 0.2) is 5.16 Å². The number of benzene rings is 1. The summed E-state index contributed by atoms with van der Waals surface area (Å²) in [6, 6.07) is 9.79. The lowest BCUT2D eigenvalue weighted by atomic mass is 10.3. The molecule has 0 unspecified atom stereocenters. The lowest BCUT2D eigenvalue weighted by Gasteiger charge is -1.97. The van der Waals surface area contributed by atoms with E-state index in [2.05, 4.69) is 31.7 Å². The fraction of sp³-hybridized carbons (Fsp3) is 0.235. The van der Waals surface area contributed by atoms with Gasteiger partial charge in [-0.1, -0.05) is 23.9 Å². The van der Waals surface area contributed by atoms with E-state index < -0.39 is 0 Å². The summed E-state index contributed by atoms with van der Waals surface area (Å²) < 4.78 is 1.69. The van der Waals surface area contributed by atoms with Gasteiger partial charge >= 0.3 is 0 Å². The van der Waals surface area contributed by atoms with Crippen molar-refractivity contribution in [3.8, 4) is 6.07 Å². The number of para-hydroxylation sites is 2. The van der Waals surface area contributed by atoms with Crippen LogP contribution in [-0.2, 0) is 11.3 Å². The van der Waals surface area contributed by atoms with Gasteiger partial charge in [0.1, 0.15) is 0 Å². The molecule has 0 fully saturated rings. The van der Waals surface area contributed by atoms with Crippen LogP contribution in [0.5, 0.6) is 0 Å². The van der Waals surface area contributed by atoms with Crippen molar-refractivity contribution in [2.75, 3.05) is 5.75 Å². The van der Waals surface area contributed by atoms with Crippen LogP contribution in [0.4, 0.5) is 0 Å². The Hall–Kier alpha value is -3.12. The number of aryl methyl sites for hydroxylation is 2. The molecule has 8 nitrogen and oxygen atoms in total. The number of nitrogens with zero attached hydrogens (tertiary/aromatic N) is 5. The Kier molecular flexibility index (Phi) is 5.66. The number of carbonyl (C=O) groups excluding carboxylic acids is 1. The molecule has 26 heavy (non-hydrogen) atoms. The van der Waals surface area contributed by atoms with Crippen molar-refractivity contribution in [1.82, 2.24) is 25.2 Å². The highest BCUT2D eigenvalue weighted by atomic mass is 32.2. The third-order valence-electron chi connectivity index (χ3n) is 3.54. The van der Waals surface area contributed by atoms with Gasteiger partial charge in [0.25, 0.3) is 5.91 Å². The number of hydrogen-bond acceptors (Lipinski definition) is 6. The minimum absolute atomic E-state index is 0.206. The predicted octanol–water partition coefficient (Wildman–Crippen LogP) is 2.22. The van der Waals surface area contributed by atoms with Gasteiger partial charge in [-0.15, -0.1) is 0 Å². The molecule has 2 N–H and O–H groups in total. The number of fused-ring (bicyclic) bond motifs is 1. The number of imidazole rings is 1. The molecule has 3 rings (SSSR count). The van der Waals surface area contributed by atoms with Gasteiger partial charge in [-0.05, 0) is 19.1 Å². The lowest BCUT2D eigenvalue weighted by molar-refractivity contribution is -0.118. The van der Waals surface area contributed by atoms with Crippen molar-refractivity contribution in [3.63, 3.8) is 0 Å². The molecule has 0 aliphatic rings. The fourth-order valence-electron chi connectivity index (χ4n) is 2.28. The molecule has 3 aromatic rings. The number of aromatic nitrogens is 4. The first-order valence-electron chi connectivity index (χ1n) is 7.96. The van der Waals surface area contributed by atoms with Crippen LogP contribution in [0.2, 0.25) is 0 Å². The van der Waals surface area contributed by atoms with Crippen LogP contribution in [0.25, 0.3) is 11.0 Å². The predicted molar refractivity (Wildman–Crippen MR) is 99.7 cm³/mol. The van der Waals surface area contributed by atoms with E-state index in [1.807, 2.05) is 31.2 Å². The van der Waals surface area contributed by atoms with Crippen LogP contribution in [0, 0.1) is 18.3 Å². The van der Waals surface area contributed by atoms with Crippen LogP contribution >= 0.6 is 11.8 Å². The molecule has 0 spiro atoms. The fourth-order valence-corrected chi connectivity index (χ4v) is 2.95. The van der Waals surface area contributed by atoms with Crippen molar-refractivity contribution in [3.05, 3.63) is 41.7 Å². The highest BCUT2D eigenvalue weighted by Gasteiger charge is 2.07. The second-order valence-corrected chi connectivity index (χ2v) is 6.45. The van der Waals surface area contributed by atoms with Crippen LogP contribution in [-0.4, -0.2) is 37.6 Å². The summed E-state index contributed by atoms with van der Waals surface area (Å²) >= 11 is 1.32. The van der Waals surface area contributed by atoms with Crippen molar-refractivity contribution in [2.45, 2.75) is 25.0 Å². The SMILES string of the molecule is Cc1nn(CCC#N)cc1/C=N/NC(=O)CSc1nc2ccccc2[nH]1. The summed E-state index contributed by atoms with van der Waals surface area (Å²) in [5.41, 5.74) is 5.90. The highest BCUT2D eigenvalue weighted by molar-refractivity contribution is 7.99. The van der Waals surface area contributed by atoms with Crippen LogP contribution in [0.3, 0.4) is 0 Å². The number of H-pyrrole nitrogens is 1. The second kappa shape index (κ2) is 8.31. The Morgan fingerprint density at radius 2 is 2.35 bits per heavy atom. The maximum absolute atomic E-state index is 11.9. The summed E-state index contributed by atoms with van der Waals surface area (Å²) in [5.74, 6) is -0.0152. The number of carbonyl (C=O) groups is 1. The largest absolute Gasteiger partial charge is 0.333 e. The van der Waals surface area contributed by atoms with Gasteiger partial charge in [-0.25, -0.2) is 10.4 Å². The quantitative estimate of drug-likeness (QED) is 0.378. The Morgan fingerprint density at radius 1 is 1.50 bits per heavy atom. The molecular formula is C17H17N7OS. The van der Waals surface area contributed by atoms with E-state index in [1.165, 1.54) is 11.8 Å². The van der Waals surface area contributed by atoms with Crippen LogP contribution in [0.1, 0.15) is 17.7 Å². The third-order valence-corrected chi connectivity index (χ3v) is 4.41. The first kappa shape index (κ1) is 17.7. The summed E-state index contributed by atoms with van der Waals surface area (Å²) in [7, 11) is 0. The van der Waals surface area contributed by atoms with Gasteiger partial charge in [-0.3, -0.25) is 9.48 Å². The third kappa shape index (κ3) is 4.49. The monoisotopic (exact) mass is 367 g/mol. The zero-order valence-electron chi connectivity index (χ0n) is 14.1. The minimum atomic E-state index is -0.221. The van der Waals surface area contributed by atoms with Crippen LogP contribution < -0.4 is 5.43 Å². The Morgan fingerprint density at radius 3 is 3.15 bits per heavy atom. The average Bonchev–Trinajstić information content (AvgIpc) is 3.21. The molecule has 0 aliphatic carbocycles. The molecule has 2 aromatic heterocycles.